The van der Waals surface area contributed by atoms with Gasteiger partial charge in [0.05, 0.1) is 12.0 Å². The number of aromatic nitrogens is 2. The van der Waals surface area contributed by atoms with E-state index in [0.29, 0.717) is 11.5 Å². The van der Waals surface area contributed by atoms with E-state index in [0.717, 1.165) is 47.5 Å². The summed E-state index contributed by atoms with van der Waals surface area (Å²) < 4.78 is 16.2. The van der Waals surface area contributed by atoms with E-state index in [1.165, 1.54) is 11.3 Å². The fraction of sp³-hybridized carbons (Fsp3) is 0.588. The summed E-state index contributed by atoms with van der Waals surface area (Å²) >= 11 is 1.36. The van der Waals surface area contributed by atoms with Crippen LogP contribution in [0, 0.1) is 6.92 Å². The molecule has 0 bridgehead atoms. The number of thiophene rings is 1. The molecule has 0 amide bonds. The first kappa shape index (κ1) is 18.0. The number of rotatable bonds is 5. The lowest BCUT2D eigenvalue weighted by Gasteiger charge is -2.40. The fourth-order valence-electron chi connectivity index (χ4n) is 3.23. The van der Waals surface area contributed by atoms with E-state index in [2.05, 4.69) is 14.9 Å². The SMILES string of the molecule is CCOC(=O)c1sc2ncnc(N3CCC(OC)(OC)CC3)c2c1C. The number of hydrogen-bond acceptors (Lipinski definition) is 8. The second-order valence-corrected chi connectivity index (χ2v) is 6.96. The van der Waals surface area contributed by atoms with Crippen LogP contribution in [-0.2, 0) is 14.2 Å². The predicted molar refractivity (Wildman–Crippen MR) is 96.3 cm³/mol. The van der Waals surface area contributed by atoms with Crippen LogP contribution in [-0.4, -0.2) is 55.6 Å². The highest BCUT2D eigenvalue weighted by molar-refractivity contribution is 7.20. The second kappa shape index (κ2) is 7.23. The number of ether oxygens (including phenoxy) is 3. The number of anilines is 1. The van der Waals surface area contributed by atoms with Crippen LogP contribution in [0.5, 0.6) is 0 Å². The summed E-state index contributed by atoms with van der Waals surface area (Å²) in [7, 11) is 3.35. The molecule has 0 aromatic carbocycles. The van der Waals surface area contributed by atoms with Gasteiger partial charge in [0, 0.05) is 40.2 Å². The van der Waals surface area contributed by atoms with Crippen LogP contribution < -0.4 is 4.90 Å². The van der Waals surface area contributed by atoms with Gasteiger partial charge in [0.25, 0.3) is 0 Å². The topological polar surface area (TPSA) is 73.8 Å². The molecule has 25 heavy (non-hydrogen) atoms. The monoisotopic (exact) mass is 365 g/mol. The van der Waals surface area contributed by atoms with E-state index >= 15 is 0 Å². The standard InChI is InChI=1S/C17H23N3O4S/c1-5-24-16(21)13-11(2)12-14(18-10-19-15(12)25-13)20-8-6-17(22-3,23-4)7-9-20/h10H,5-9H2,1-4H3. The third-order valence-electron chi connectivity index (χ3n) is 4.74. The summed E-state index contributed by atoms with van der Waals surface area (Å²) in [5, 5.41) is 0.929. The number of nitrogens with zero attached hydrogens (tertiary/aromatic N) is 3. The first-order valence-electron chi connectivity index (χ1n) is 8.31. The van der Waals surface area contributed by atoms with E-state index in [9.17, 15) is 4.79 Å². The van der Waals surface area contributed by atoms with Gasteiger partial charge in [-0.05, 0) is 19.4 Å². The second-order valence-electron chi connectivity index (χ2n) is 5.96. The molecule has 0 N–H and O–H groups in total. The maximum atomic E-state index is 12.2. The van der Waals surface area contributed by atoms with E-state index in [1.807, 2.05) is 6.92 Å². The number of fused-ring (bicyclic) bond motifs is 1. The molecule has 136 valence electrons. The molecule has 1 saturated heterocycles. The lowest BCUT2D eigenvalue weighted by Crippen LogP contribution is -2.47. The molecule has 0 spiro atoms. The molecular weight excluding hydrogens is 342 g/mol. The van der Waals surface area contributed by atoms with Crippen molar-refractivity contribution in [2.24, 2.45) is 0 Å². The summed E-state index contributed by atoms with van der Waals surface area (Å²) in [6, 6.07) is 0. The summed E-state index contributed by atoms with van der Waals surface area (Å²) in [6.45, 7) is 5.61. The van der Waals surface area contributed by atoms with Crippen molar-refractivity contribution in [1.82, 2.24) is 9.97 Å². The zero-order valence-corrected chi connectivity index (χ0v) is 15.8. The van der Waals surface area contributed by atoms with Gasteiger partial charge in [-0.3, -0.25) is 0 Å². The Morgan fingerprint density at radius 2 is 1.96 bits per heavy atom. The minimum atomic E-state index is -0.525. The molecule has 0 atom stereocenters. The van der Waals surface area contributed by atoms with Gasteiger partial charge in [0.1, 0.15) is 21.9 Å². The van der Waals surface area contributed by atoms with Crippen LogP contribution in [0.2, 0.25) is 0 Å². The molecule has 7 nitrogen and oxygen atoms in total. The smallest absolute Gasteiger partial charge is 0.348 e. The average Bonchev–Trinajstić information content (AvgIpc) is 2.99. The molecule has 8 heteroatoms. The maximum Gasteiger partial charge on any atom is 0.348 e. The van der Waals surface area contributed by atoms with Crippen molar-refractivity contribution < 1.29 is 19.0 Å². The van der Waals surface area contributed by atoms with E-state index in [-0.39, 0.29) is 5.97 Å². The summed E-state index contributed by atoms with van der Waals surface area (Å²) in [4.78, 5) is 24.6. The molecule has 2 aromatic heterocycles. The Labute approximate surface area is 150 Å². The first-order chi connectivity index (χ1) is 12.0. The minimum Gasteiger partial charge on any atom is -0.462 e. The van der Waals surface area contributed by atoms with Crippen molar-refractivity contribution in [3.63, 3.8) is 0 Å². The van der Waals surface area contributed by atoms with Crippen molar-refractivity contribution in [1.29, 1.82) is 0 Å². The number of piperidine rings is 1. The number of carbonyl (C=O) groups is 1. The fourth-order valence-corrected chi connectivity index (χ4v) is 4.27. The van der Waals surface area contributed by atoms with E-state index in [1.54, 1.807) is 27.5 Å². The molecule has 3 heterocycles. The largest absolute Gasteiger partial charge is 0.462 e. The maximum absolute atomic E-state index is 12.2. The molecule has 0 aliphatic carbocycles. The number of hydrogen-bond donors (Lipinski definition) is 0. The molecule has 0 radical (unpaired) electrons. The normalized spacial score (nSPS) is 17.0. The Morgan fingerprint density at radius 1 is 1.28 bits per heavy atom. The molecule has 3 rings (SSSR count). The number of aryl methyl sites for hydroxylation is 1. The van der Waals surface area contributed by atoms with Crippen molar-refractivity contribution in [2.75, 3.05) is 38.8 Å². The Kier molecular flexibility index (Phi) is 5.21. The average molecular weight is 365 g/mol. The third kappa shape index (κ3) is 3.21. The van der Waals surface area contributed by atoms with Crippen LogP contribution in [0.15, 0.2) is 6.33 Å². The predicted octanol–water partition coefficient (Wildman–Crippen LogP) is 2.77. The highest BCUT2D eigenvalue weighted by Crippen LogP contribution is 2.37. The Balaban J connectivity index is 1.94. The molecular formula is C17H23N3O4S. The quantitative estimate of drug-likeness (QED) is 0.596. The summed E-state index contributed by atoms with van der Waals surface area (Å²) in [5.41, 5.74) is 0.879. The van der Waals surface area contributed by atoms with Crippen molar-refractivity contribution in [3.8, 4) is 0 Å². The van der Waals surface area contributed by atoms with Gasteiger partial charge in [-0.1, -0.05) is 0 Å². The number of esters is 1. The molecule has 0 unspecified atom stereocenters. The lowest BCUT2D eigenvalue weighted by molar-refractivity contribution is -0.216. The highest BCUT2D eigenvalue weighted by atomic mass is 32.1. The zero-order chi connectivity index (χ0) is 18.0. The van der Waals surface area contributed by atoms with Gasteiger partial charge in [-0.15, -0.1) is 11.3 Å². The Bertz CT molecular complexity index is 763. The van der Waals surface area contributed by atoms with Crippen LogP contribution in [0.1, 0.15) is 35.0 Å². The lowest BCUT2D eigenvalue weighted by atomic mass is 10.0. The first-order valence-corrected chi connectivity index (χ1v) is 9.13. The molecule has 1 aliphatic heterocycles. The van der Waals surface area contributed by atoms with Gasteiger partial charge in [0.2, 0.25) is 0 Å². The van der Waals surface area contributed by atoms with Crippen LogP contribution in [0.3, 0.4) is 0 Å². The summed E-state index contributed by atoms with van der Waals surface area (Å²) in [5.74, 6) is 0.0306. The van der Waals surface area contributed by atoms with Crippen molar-refractivity contribution >= 4 is 33.3 Å². The third-order valence-corrected chi connectivity index (χ3v) is 5.92. The number of methoxy groups -OCH3 is 2. The van der Waals surface area contributed by atoms with Gasteiger partial charge in [-0.25, -0.2) is 14.8 Å². The van der Waals surface area contributed by atoms with Gasteiger partial charge >= 0.3 is 5.97 Å². The van der Waals surface area contributed by atoms with Gasteiger partial charge in [-0.2, -0.15) is 0 Å². The Hall–Kier alpha value is -1.77. The zero-order valence-electron chi connectivity index (χ0n) is 15.0. The van der Waals surface area contributed by atoms with E-state index in [4.69, 9.17) is 14.2 Å². The van der Waals surface area contributed by atoms with Gasteiger partial charge < -0.3 is 19.1 Å². The highest BCUT2D eigenvalue weighted by Gasteiger charge is 2.35. The van der Waals surface area contributed by atoms with Crippen LogP contribution >= 0.6 is 11.3 Å². The molecule has 1 fully saturated rings. The van der Waals surface area contributed by atoms with Gasteiger partial charge in [0.15, 0.2) is 5.79 Å². The van der Waals surface area contributed by atoms with Crippen molar-refractivity contribution in [3.05, 3.63) is 16.8 Å². The van der Waals surface area contributed by atoms with Crippen LogP contribution in [0.25, 0.3) is 10.2 Å². The molecule has 1 aliphatic rings. The summed E-state index contributed by atoms with van der Waals surface area (Å²) in [6.07, 6.45) is 3.05. The Morgan fingerprint density at radius 3 is 2.56 bits per heavy atom. The van der Waals surface area contributed by atoms with Crippen LogP contribution in [0.4, 0.5) is 5.82 Å². The molecule has 0 saturated carbocycles. The minimum absolute atomic E-state index is 0.301. The number of carbonyl (C=O) groups excluding carboxylic acids is 1. The molecule has 2 aromatic rings. The van der Waals surface area contributed by atoms with Crippen molar-refractivity contribution in [2.45, 2.75) is 32.5 Å². The van der Waals surface area contributed by atoms with E-state index < -0.39 is 5.79 Å².